The number of rotatable bonds is 2. The molecular weight excluding hydrogens is 280 g/mol. The molecule has 1 aliphatic carbocycles. The average Bonchev–Trinajstić information content (AvgIpc) is 2.52. The molecular formula is C16H16N4O2. The van der Waals surface area contributed by atoms with Gasteiger partial charge in [-0.2, -0.15) is 0 Å². The second kappa shape index (κ2) is 4.77. The summed E-state index contributed by atoms with van der Waals surface area (Å²) in [6, 6.07) is 6.60. The summed E-state index contributed by atoms with van der Waals surface area (Å²) in [4.78, 5) is 25.8. The van der Waals surface area contributed by atoms with E-state index in [0.29, 0.717) is 11.4 Å². The summed E-state index contributed by atoms with van der Waals surface area (Å²) >= 11 is 0. The molecule has 0 saturated carbocycles. The molecule has 0 saturated heterocycles. The highest BCUT2D eigenvalue weighted by Gasteiger charge is 2.36. The normalized spacial score (nSPS) is 12.6. The van der Waals surface area contributed by atoms with E-state index in [1.165, 1.54) is 0 Å². The Morgan fingerprint density at radius 2 is 1.05 bits per heavy atom. The van der Waals surface area contributed by atoms with Gasteiger partial charge < -0.3 is 22.1 Å². The molecule has 22 heavy (non-hydrogen) atoms. The second-order valence-corrected chi connectivity index (χ2v) is 5.06. The van der Waals surface area contributed by atoms with Crippen LogP contribution >= 0.6 is 0 Å². The molecule has 0 bridgehead atoms. The van der Waals surface area contributed by atoms with Gasteiger partial charge in [-0.25, -0.2) is 0 Å². The van der Waals surface area contributed by atoms with Gasteiger partial charge in [-0.15, -0.1) is 0 Å². The smallest absolute Gasteiger partial charge is 0.198 e. The van der Waals surface area contributed by atoms with Crippen LogP contribution in [0.15, 0.2) is 24.3 Å². The van der Waals surface area contributed by atoms with Gasteiger partial charge in [-0.1, -0.05) is 0 Å². The van der Waals surface area contributed by atoms with Crippen LogP contribution in [0, 0.1) is 0 Å². The summed E-state index contributed by atoms with van der Waals surface area (Å²) in [5.74, 6) is -0.591. The lowest BCUT2D eigenvalue weighted by Crippen LogP contribution is -2.26. The molecule has 0 spiro atoms. The molecule has 0 aromatic heterocycles. The van der Waals surface area contributed by atoms with Crippen LogP contribution in [0.4, 0.5) is 22.7 Å². The van der Waals surface area contributed by atoms with Gasteiger partial charge in [-0.05, 0) is 24.3 Å². The molecule has 0 aliphatic heterocycles. The van der Waals surface area contributed by atoms with Gasteiger partial charge in [0.2, 0.25) is 0 Å². The van der Waals surface area contributed by atoms with Crippen molar-refractivity contribution < 1.29 is 9.59 Å². The Balaban J connectivity index is 2.42. The van der Waals surface area contributed by atoms with Gasteiger partial charge >= 0.3 is 0 Å². The maximum atomic E-state index is 12.9. The fourth-order valence-electron chi connectivity index (χ4n) is 2.87. The minimum Gasteiger partial charge on any atom is -0.398 e. The number of fused-ring (bicyclic) bond motifs is 2. The molecule has 6 N–H and O–H groups in total. The second-order valence-electron chi connectivity index (χ2n) is 5.06. The third-order valence-electron chi connectivity index (χ3n) is 3.92. The van der Waals surface area contributed by atoms with Crippen molar-refractivity contribution in [2.75, 3.05) is 36.2 Å². The SMILES string of the molecule is CNc1ccc(N)c2c1C(=O)c1c(N)ccc(NC)c1C2=O. The summed E-state index contributed by atoms with van der Waals surface area (Å²) in [6.45, 7) is 0. The van der Waals surface area contributed by atoms with Crippen molar-refractivity contribution in [1.82, 2.24) is 0 Å². The maximum Gasteiger partial charge on any atom is 0.198 e. The number of hydrogen-bond donors (Lipinski definition) is 4. The first-order chi connectivity index (χ1) is 10.5. The van der Waals surface area contributed by atoms with Crippen LogP contribution < -0.4 is 22.1 Å². The summed E-state index contributed by atoms with van der Waals surface area (Å²) < 4.78 is 0. The fourth-order valence-corrected chi connectivity index (χ4v) is 2.87. The van der Waals surface area contributed by atoms with Gasteiger partial charge in [-0.3, -0.25) is 9.59 Å². The summed E-state index contributed by atoms with van der Waals surface area (Å²) in [6.07, 6.45) is 0. The van der Waals surface area contributed by atoms with E-state index in [1.807, 2.05) is 0 Å². The first-order valence-electron chi connectivity index (χ1n) is 6.81. The average molecular weight is 296 g/mol. The molecule has 0 fully saturated rings. The third kappa shape index (κ3) is 1.67. The summed E-state index contributed by atoms with van der Waals surface area (Å²) in [5, 5.41) is 5.85. The van der Waals surface area contributed by atoms with Crippen molar-refractivity contribution in [2.45, 2.75) is 0 Å². The van der Waals surface area contributed by atoms with E-state index < -0.39 is 0 Å². The van der Waals surface area contributed by atoms with Crippen LogP contribution in [0.5, 0.6) is 0 Å². The standard InChI is InChI=1S/C16H16N4O2/c1-19-9-5-3-7(17)11-13(9)15(21)12-8(18)4-6-10(20-2)14(12)16(11)22/h3-6,19-20H,17-18H2,1-2H3. The van der Waals surface area contributed by atoms with Crippen molar-refractivity contribution in [3.8, 4) is 0 Å². The summed E-state index contributed by atoms with van der Waals surface area (Å²) in [7, 11) is 3.37. The number of ketones is 2. The molecule has 6 heteroatoms. The van der Waals surface area contributed by atoms with Gasteiger partial charge in [0.1, 0.15) is 0 Å². The van der Waals surface area contributed by atoms with Crippen LogP contribution in [0.3, 0.4) is 0 Å². The van der Waals surface area contributed by atoms with Crippen molar-refractivity contribution in [1.29, 1.82) is 0 Å². The predicted molar refractivity (Wildman–Crippen MR) is 87.7 cm³/mol. The number of nitrogens with two attached hydrogens (primary N) is 2. The molecule has 112 valence electrons. The number of carbonyl (C=O) groups excluding carboxylic acids is 2. The first-order valence-corrected chi connectivity index (χ1v) is 6.81. The lowest BCUT2D eigenvalue weighted by molar-refractivity contribution is 0.0981. The van der Waals surface area contributed by atoms with Crippen molar-refractivity contribution >= 4 is 34.3 Å². The van der Waals surface area contributed by atoms with Crippen molar-refractivity contribution in [2.24, 2.45) is 0 Å². The fraction of sp³-hybridized carbons (Fsp3) is 0.125. The van der Waals surface area contributed by atoms with Crippen molar-refractivity contribution in [3.05, 3.63) is 46.5 Å². The van der Waals surface area contributed by atoms with E-state index in [4.69, 9.17) is 11.5 Å². The quantitative estimate of drug-likeness (QED) is 0.536. The molecule has 1 aliphatic rings. The van der Waals surface area contributed by atoms with Gasteiger partial charge in [0, 0.05) is 36.8 Å². The number of carbonyl (C=O) groups is 2. The van der Waals surface area contributed by atoms with Crippen LogP contribution in [-0.2, 0) is 0 Å². The third-order valence-corrected chi connectivity index (χ3v) is 3.92. The Morgan fingerprint density at radius 1 is 0.682 bits per heavy atom. The molecule has 3 rings (SSSR count). The molecule has 0 atom stereocenters. The van der Waals surface area contributed by atoms with E-state index in [0.717, 1.165) is 0 Å². The lowest BCUT2D eigenvalue weighted by atomic mass is 9.80. The van der Waals surface area contributed by atoms with E-state index in [1.54, 1.807) is 38.4 Å². The maximum absolute atomic E-state index is 12.9. The zero-order chi connectivity index (χ0) is 16.0. The number of benzene rings is 2. The molecule has 0 amide bonds. The van der Waals surface area contributed by atoms with E-state index >= 15 is 0 Å². The lowest BCUT2D eigenvalue weighted by Gasteiger charge is -2.24. The topological polar surface area (TPSA) is 110 Å². The van der Waals surface area contributed by atoms with E-state index in [-0.39, 0.29) is 45.2 Å². The predicted octanol–water partition coefficient (Wildman–Crippen LogP) is 1.71. The molecule has 0 radical (unpaired) electrons. The minimum absolute atomic E-state index is 0.228. The minimum atomic E-state index is -0.296. The summed E-state index contributed by atoms with van der Waals surface area (Å²) in [5.41, 5.74) is 14.6. The van der Waals surface area contributed by atoms with E-state index in [9.17, 15) is 9.59 Å². The van der Waals surface area contributed by atoms with Gasteiger partial charge in [0.15, 0.2) is 11.6 Å². The van der Waals surface area contributed by atoms with E-state index in [2.05, 4.69) is 10.6 Å². The number of hydrogen-bond acceptors (Lipinski definition) is 6. The Morgan fingerprint density at radius 3 is 1.36 bits per heavy atom. The Hall–Kier alpha value is -3.02. The van der Waals surface area contributed by atoms with Gasteiger partial charge in [0.25, 0.3) is 0 Å². The molecule has 0 unspecified atom stereocenters. The number of nitrogen functional groups attached to an aromatic ring is 2. The number of nitrogens with one attached hydrogen (secondary N) is 2. The highest BCUT2D eigenvalue weighted by atomic mass is 16.1. The van der Waals surface area contributed by atoms with Crippen LogP contribution in [0.25, 0.3) is 0 Å². The van der Waals surface area contributed by atoms with Crippen molar-refractivity contribution in [3.63, 3.8) is 0 Å². The highest BCUT2D eigenvalue weighted by Crippen LogP contribution is 2.39. The Kier molecular flexibility index (Phi) is 3.02. The molecule has 6 nitrogen and oxygen atoms in total. The number of anilines is 4. The highest BCUT2D eigenvalue weighted by molar-refractivity contribution is 6.34. The van der Waals surface area contributed by atoms with Gasteiger partial charge in [0.05, 0.1) is 22.3 Å². The van der Waals surface area contributed by atoms with Crippen LogP contribution in [0.2, 0.25) is 0 Å². The largest absolute Gasteiger partial charge is 0.398 e. The zero-order valence-electron chi connectivity index (χ0n) is 12.3. The Bertz CT molecular complexity index is 758. The molecule has 0 heterocycles. The monoisotopic (exact) mass is 296 g/mol. The molecule has 2 aromatic rings. The Labute approximate surface area is 127 Å². The zero-order valence-corrected chi connectivity index (χ0v) is 12.3. The molecule has 2 aromatic carbocycles. The van der Waals surface area contributed by atoms with Crippen LogP contribution in [0.1, 0.15) is 31.8 Å². The first kappa shape index (κ1) is 13.9. The van der Waals surface area contributed by atoms with Crippen LogP contribution in [-0.4, -0.2) is 25.7 Å².